The SMILES string of the molecule is C=CCOc1ccccc1C(=S)c1ccco1. The average molecular weight is 244 g/mol. The van der Waals surface area contributed by atoms with Crippen LogP contribution in [0.3, 0.4) is 0 Å². The lowest BCUT2D eigenvalue weighted by Gasteiger charge is -2.09. The van der Waals surface area contributed by atoms with Crippen LogP contribution in [0.5, 0.6) is 5.75 Å². The standard InChI is InChI=1S/C14H12O2S/c1-2-9-15-12-7-4-3-6-11(12)14(17)13-8-5-10-16-13/h2-8,10H,1,9H2. The third-order valence-corrected chi connectivity index (χ3v) is 2.65. The van der Waals surface area contributed by atoms with Crippen molar-refractivity contribution in [3.8, 4) is 5.75 Å². The van der Waals surface area contributed by atoms with Crippen molar-refractivity contribution in [3.05, 3.63) is 66.6 Å². The van der Waals surface area contributed by atoms with Crippen LogP contribution in [0.25, 0.3) is 0 Å². The van der Waals surface area contributed by atoms with E-state index in [0.29, 0.717) is 17.2 Å². The molecule has 0 aliphatic carbocycles. The fourth-order valence-electron chi connectivity index (χ4n) is 1.47. The van der Waals surface area contributed by atoms with Crippen molar-refractivity contribution in [3.63, 3.8) is 0 Å². The fraction of sp³-hybridized carbons (Fsp3) is 0.0714. The van der Waals surface area contributed by atoms with Gasteiger partial charge in [-0.05, 0) is 24.3 Å². The quantitative estimate of drug-likeness (QED) is 0.456. The molecule has 0 unspecified atom stereocenters. The van der Waals surface area contributed by atoms with Crippen molar-refractivity contribution in [1.82, 2.24) is 0 Å². The van der Waals surface area contributed by atoms with Gasteiger partial charge >= 0.3 is 0 Å². The molecule has 0 radical (unpaired) electrons. The Morgan fingerprint density at radius 1 is 1.29 bits per heavy atom. The van der Waals surface area contributed by atoms with Crippen molar-refractivity contribution >= 4 is 17.1 Å². The normalized spacial score (nSPS) is 9.88. The molecule has 1 aromatic carbocycles. The summed E-state index contributed by atoms with van der Waals surface area (Å²) >= 11 is 5.38. The Morgan fingerprint density at radius 3 is 2.82 bits per heavy atom. The second-order valence-corrected chi connectivity index (χ2v) is 3.81. The monoisotopic (exact) mass is 244 g/mol. The average Bonchev–Trinajstić information content (AvgIpc) is 2.89. The first-order valence-corrected chi connectivity index (χ1v) is 5.64. The summed E-state index contributed by atoms with van der Waals surface area (Å²) in [7, 11) is 0. The molecule has 86 valence electrons. The molecule has 3 heteroatoms. The first-order chi connectivity index (χ1) is 8.33. The smallest absolute Gasteiger partial charge is 0.145 e. The molecular weight excluding hydrogens is 232 g/mol. The highest BCUT2D eigenvalue weighted by molar-refractivity contribution is 7.81. The van der Waals surface area contributed by atoms with Crippen LogP contribution in [0.1, 0.15) is 11.3 Å². The molecule has 0 amide bonds. The zero-order valence-corrected chi connectivity index (χ0v) is 10.1. The molecule has 0 spiro atoms. The molecule has 2 aromatic rings. The van der Waals surface area contributed by atoms with Gasteiger partial charge in [0.1, 0.15) is 18.1 Å². The Morgan fingerprint density at radius 2 is 2.12 bits per heavy atom. The van der Waals surface area contributed by atoms with Crippen molar-refractivity contribution in [2.24, 2.45) is 0 Å². The molecule has 0 fully saturated rings. The van der Waals surface area contributed by atoms with E-state index in [1.165, 1.54) is 0 Å². The second kappa shape index (κ2) is 5.46. The highest BCUT2D eigenvalue weighted by Gasteiger charge is 2.12. The molecule has 1 heterocycles. The highest BCUT2D eigenvalue weighted by atomic mass is 32.1. The van der Waals surface area contributed by atoms with Crippen LogP contribution >= 0.6 is 12.2 Å². The van der Waals surface area contributed by atoms with E-state index >= 15 is 0 Å². The van der Waals surface area contributed by atoms with E-state index < -0.39 is 0 Å². The number of hydrogen-bond acceptors (Lipinski definition) is 3. The maximum Gasteiger partial charge on any atom is 0.145 e. The lowest BCUT2D eigenvalue weighted by molar-refractivity contribution is 0.362. The molecule has 2 rings (SSSR count). The molecule has 0 aliphatic rings. The fourth-order valence-corrected chi connectivity index (χ4v) is 1.75. The number of ether oxygens (including phenoxy) is 1. The van der Waals surface area contributed by atoms with Gasteiger partial charge < -0.3 is 9.15 Å². The Bertz CT molecular complexity index is 515. The number of rotatable bonds is 5. The van der Waals surface area contributed by atoms with Gasteiger partial charge in [0.2, 0.25) is 0 Å². The van der Waals surface area contributed by atoms with Crippen LogP contribution in [0, 0.1) is 0 Å². The maximum absolute atomic E-state index is 5.56. The summed E-state index contributed by atoms with van der Waals surface area (Å²) in [5, 5.41) is 0. The number of para-hydroxylation sites is 1. The molecule has 17 heavy (non-hydrogen) atoms. The van der Waals surface area contributed by atoms with E-state index in [1.807, 2.05) is 36.4 Å². The molecule has 1 aromatic heterocycles. The molecular formula is C14H12O2S. The van der Waals surface area contributed by atoms with Crippen molar-refractivity contribution in [1.29, 1.82) is 0 Å². The summed E-state index contributed by atoms with van der Waals surface area (Å²) in [5.74, 6) is 1.42. The van der Waals surface area contributed by atoms with E-state index in [2.05, 4.69) is 6.58 Å². The number of thiocarbonyl (C=S) groups is 1. The summed E-state index contributed by atoms with van der Waals surface area (Å²) in [6, 6.07) is 11.3. The summed E-state index contributed by atoms with van der Waals surface area (Å²) in [6.07, 6.45) is 3.31. The van der Waals surface area contributed by atoms with Gasteiger partial charge in [0.05, 0.1) is 11.1 Å². The highest BCUT2D eigenvalue weighted by Crippen LogP contribution is 2.22. The van der Waals surface area contributed by atoms with Crippen LogP contribution in [0.2, 0.25) is 0 Å². The zero-order chi connectivity index (χ0) is 12.1. The third kappa shape index (κ3) is 2.63. The van der Waals surface area contributed by atoms with Crippen LogP contribution in [0.4, 0.5) is 0 Å². The van der Waals surface area contributed by atoms with E-state index in [4.69, 9.17) is 21.4 Å². The van der Waals surface area contributed by atoms with E-state index in [1.54, 1.807) is 12.3 Å². The van der Waals surface area contributed by atoms with Gasteiger partial charge in [-0.1, -0.05) is 37.0 Å². The van der Waals surface area contributed by atoms with Gasteiger partial charge in [-0.2, -0.15) is 0 Å². The molecule has 0 aliphatic heterocycles. The number of hydrogen-bond donors (Lipinski definition) is 0. The van der Waals surface area contributed by atoms with E-state index in [-0.39, 0.29) is 0 Å². The lowest BCUT2D eigenvalue weighted by atomic mass is 10.1. The first-order valence-electron chi connectivity index (χ1n) is 5.24. The maximum atomic E-state index is 5.56. The van der Waals surface area contributed by atoms with Gasteiger partial charge in [-0.3, -0.25) is 0 Å². The van der Waals surface area contributed by atoms with Crippen LogP contribution in [-0.4, -0.2) is 11.5 Å². The molecule has 0 saturated carbocycles. The van der Waals surface area contributed by atoms with Crippen molar-refractivity contribution in [2.75, 3.05) is 6.61 Å². The largest absolute Gasteiger partial charge is 0.489 e. The van der Waals surface area contributed by atoms with Gasteiger partial charge in [0.25, 0.3) is 0 Å². The summed E-state index contributed by atoms with van der Waals surface area (Å²) in [6.45, 7) is 4.08. The molecule has 0 atom stereocenters. The van der Waals surface area contributed by atoms with Crippen molar-refractivity contribution in [2.45, 2.75) is 0 Å². The van der Waals surface area contributed by atoms with Gasteiger partial charge in [-0.15, -0.1) is 0 Å². The summed E-state index contributed by atoms with van der Waals surface area (Å²) < 4.78 is 10.9. The summed E-state index contributed by atoms with van der Waals surface area (Å²) in [5.41, 5.74) is 0.860. The Kier molecular flexibility index (Phi) is 3.73. The van der Waals surface area contributed by atoms with E-state index in [0.717, 1.165) is 11.3 Å². The lowest BCUT2D eigenvalue weighted by Crippen LogP contribution is -2.03. The zero-order valence-electron chi connectivity index (χ0n) is 9.26. The molecule has 0 N–H and O–H groups in total. The van der Waals surface area contributed by atoms with Gasteiger partial charge in [0.15, 0.2) is 0 Å². The molecule has 2 nitrogen and oxygen atoms in total. The molecule has 0 bridgehead atoms. The number of furan rings is 1. The van der Waals surface area contributed by atoms with Crippen LogP contribution < -0.4 is 4.74 Å². The first kappa shape index (κ1) is 11.6. The summed E-state index contributed by atoms with van der Waals surface area (Å²) in [4.78, 5) is 0.648. The van der Waals surface area contributed by atoms with Crippen molar-refractivity contribution < 1.29 is 9.15 Å². The van der Waals surface area contributed by atoms with E-state index in [9.17, 15) is 0 Å². The third-order valence-electron chi connectivity index (χ3n) is 2.23. The second-order valence-electron chi connectivity index (χ2n) is 3.40. The number of benzene rings is 1. The minimum absolute atomic E-state index is 0.456. The topological polar surface area (TPSA) is 22.4 Å². The Labute approximate surface area is 106 Å². The predicted molar refractivity (Wildman–Crippen MR) is 71.6 cm³/mol. The molecule has 0 saturated heterocycles. The Hall–Kier alpha value is -1.87. The minimum Gasteiger partial charge on any atom is -0.489 e. The minimum atomic E-state index is 0.456. The van der Waals surface area contributed by atoms with Crippen LogP contribution in [0.15, 0.2) is 59.7 Å². The Balaban J connectivity index is 2.31. The van der Waals surface area contributed by atoms with Gasteiger partial charge in [0, 0.05) is 5.56 Å². The van der Waals surface area contributed by atoms with Gasteiger partial charge in [-0.25, -0.2) is 0 Å². The predicted octanol–water partition coefficient (Wildman–Crippen LogP) is 3.61. The van der Waals surface area contributed by atoms with Crippen LogP contribution in [-0.2, 0) is 0 Å².